The number of nitrogens with one attached hydrogen (secondary N) is 1. The van der Waals surface area contributed by atoms with Crippen molar-refractivity contribution < 1.29 is 18.3 Å². The van der Waals surface area contributed by atoms with E-state index in [0.29, 0.717) is 17.0 Å². The van der Waals surface area contributed by atoms with E-state index in [0.717, 1.165) is 5.56 Å². The number of para-hydroxylation sites is 1. The summed E-state index contributed by atoms with van der Waals surface area (Å²) in [7, 11) is 0. The molecule has 0 aromatic heterocycles. The third-order valence-corrected chi connectivity index (χ3v) is 3.78. The van der Waals surface area contributed by atoms with Crippen LogP contribution < -0.4 is 10.1 Å². The Balaban J connectivity index is 2.08. The molecule has 2 aromatic rings. The number of ether oxygens (including phenoxy) is 1. The summed E-state index contributed by atoms with van der Waals surface area (Å²) < 4.78 is 29.6. The van der Waals surface area contributed by atoms with Crippen LogP contribution in [-0.4, -0.2) is 12.5 Å². The average molecular weight is 354 g/mol. The fraction of sp³-hybridized carbons (Fsp3) is 0.278. The Morgan fingerprint density at radius 3 is 2.46 bits per heavy atom. The van der Waals surface area contributed by atoms with E-state index in [-0.39, 0.29) is 18.1 Å². The third kappa shape index (κ3) is 5.20. The van der Waals surface area contributed by atoms with Crippen LogP contribution in [0.5, 0.6) is 5.75 Å². The Hall–Kier alpha value is -2.14. The van der Waals surface area contributed by atoms with Crippen molar-refractivity contribution >= 4 is 17.5 Å². The van der Waals surface area contributed by atoms with Crippen molar-refractivity contribution in [2.24, 2.45) is 0 Å². The van der Waals surface area contributed by atoms with Gasteiger partial charge in [0.2, 0.25) is 5.91 Å². The molecule has 24 heavy (non-hydrogen) atoms. The van der Waals surface area contributed by atoms with Gasteiger partial charge in [-0.1, -0.05) is 48.9 Å². The van der Waals surface area contributed by atoms with E-state index < -0.39 is 12.7 Å². The summed E-state index contributed by atoms with van der Waals surface area (Å²) in [6, 6.07) is 13.1. The van der Waals surface area contributed by atoms with Crippen molar-refractivity contribution in [2.75, 3.05) is 0 Å². The number of alkyl halides is 2. The number of carbonyl (C=O) groups is 1. The number of hydrogen-bond acceptors (Lipinski definition) is 2. The van der Waals surface area contributed by atoms with Gasteiger partial charge in [-0.2, -0.15) is 8.78 Å². The van der Waals surface area contributed by atoms with Gasteiger partial charge in [-0.3, -0.25) is 4.79 Å². The molecule has 1 N–H and O–H groups in total. The normalized spacial score (nSPS) is 12.0. The first-order valence-electron chi connectivity index (χ1n) is 7.57. The standard InChI is InChI=1S/C18H18ClF2NO2/c1-2-15(14-5-3-4-6-16(14)24-18(20)21)22-17(23)11-12-7-9-13(19)10-8-12/h3-10,15,18H,2,11H2,1H3,(H,22,23). The third-order valence-electron chi connectivity index (χ3n) is 3.53. The summed E-state index contributed by atoms with van der Waals surface area (Å²) in [4.78, 5) is 12.2. The van der Waals surface area contributed by atoms with Crippen molar-refractivity contribution in [2.45, 2.75) is 32.4 Å². The summed E-state index contributed by atoms with van der Waals surface area (Å²) in [6.07, 6.45) is 0.738. The minimum atomic E-state index is -2.91. The molecule has 0 fully saturated rings. The van der Waals surface area contributed by atoms with Crippen LogP contribution in [0.1, 0.15) is 30.5 Å². The van der Waals surface area contributed by atoms with Crippen molar-refractivity contribution in [1.29, 1.82) is 0 Å². The second-order valence-corrected chi connectivity index (χ2v) is 5.68. The van der Waals surface area contributed by atoms with Crippen LogP contribution in [0.2, 0.25) is 5.02 Å². The van der Waals surface area contributed by atoms with E-state index in [4.69, 9.17) is 11.6 Å². The maximum atomic E-state index is 12.5. The summed E-state index contributed by atoms with van der Waals surface area (Å²) >= 11 is 5.82. The zero-order valence-corrected chi connectivity index (χ0v) is 13.9. The molecule has 1 unspecified atom stereocenters. The molecule has 0 heterocycles. The van der Waals surface area contributed by atoms with E-state index in [1.165, 1.54) is 6.07 Å². The van der Waals surface area contributed by atoms with Crippen LogP contribution in [0.15, 0.2) is 48.5 Å². The predicted molar refractivity (Wildman–Crippen MR) is 89.4 cm³/mol. The molecular formula is C18H18ClF2NO2. The van der Waals surface area contributed by atoms with Gasteiger partial charge < -0.3 is 10.1 Å². The summed E-state index contributed by atoms with van der Waals surface area (Å²) in [5.74, 6) is -0.123. The van der Waals surface area contributed by atoms with Crippen LogP contribution in [0, 0.1) is 0 Å². The molecule has 0 aliphatic carbocycles. The van der Waals surface area contributed by atoms with Gasteiger partial charge in [0, 0.05) is 10.6 Å². The van der Waals surface area contributed by atoms with Gasteiger partial charge >= 0.3 is 6.61 Å². The highest BCUT2D eigenvalue weighted by Gasteiger charge is 2.18. The Morgan fingerprint density at radius 2 is 1.83 bits per heavy atom. The molecular weight excluding hydrogens is 336 g/mol. The Morgan fingerprint density at radius 1 is 1.17 bits per heavy atom. The topological polar surface area (TPSA) is 38.3 Å². The Kier molecular flexibility index (Phi) is 6.55. The van der Waals surface area contributed by atoms with Crippen LogP contribution in [0.25, 0.3) is 0 Å². The first kappa shape index (κ1) is 18.2. The minimum absolute atomic E-state index is 0.0751. The smallest absolute Gasteiger partial charge is 0.387 e. The lowest BCUT2D eigenvalue weighted by Gasteiger charge is -2.20. The molecule has 0 bridgehead atoms. The lowest BCUT2D eigenvalue weighted by molar-refractivity contribution is -0.121. The predicted octanol–water partition coefficient (Wildman–Crippen LogP) is 4.75. The van der Waals surface area contributed by atoms with Crippen molar-refractivity contribution in [1.82, 2.24) is 5.32 Å². The monoisotopic (exact) mass is 353 g/mol. The second kappa shape index (κ2) is 8.64. The molecule has 2 rings (SSSR count). The average Bonchev–Trinajstić information content (AvgIpc) is 2.55. The number of benzene rings is 2. The van der Waals surface area contributed by atoms with E-state index in [1.807, 2.05) is 6.92 Å². The highest BCUT2D eigenvalue weighted by atomic mass is 35.5. The maximum Gasteiger partial charge on any atom is 0.387 e. The number of rotatable bonds is 7. The van der Waals surface area contributed by atoms with Gasteiger partial charge in [-0.05, 0) is 30.2 Å². The molecule has 0 aliphatic rings. The van der Waals surface area contributed by atoms with Gasteiger partial charge in [-0.15, -0.1) is 0 Å². The minimum Gasteiger partial charge on any atom is -0.434 e. The SMILES string of the molecule is CCC(NC(=O)Cc1ccc(Cl)cc1)c1ccccc1OC(F)F. The van der Waals surface area contributed by atoms with Crippen LogP contribution in [-0.2, 0) is 11.2 Å². The number of hydrogen-bond donors (Lipinski definition) is 1. The quantitative estimate of drug-likeness (QED) is 0.780. The summed E-state index contributed by atoms with van der Waals surface area (Å²) in [5, 5.41) is 3.46. The van der Waals surface area contributed by atoms with Crippen LogP contribution >= 0.6 is 11.6 Å². The van der Waals surface area contributed by atoms with Gasteiger partial charge in [0.15, 0.2) is 0 Å². The Labute approximate surface area is 144 Å². The second-order valence-electron chi connectivity index (χ2n) is 5.25. The highest BCUT2D eigenvalue weighted by Crippen LogP contribution is 2.28. The highest BCUT2D eigenvalue weighted by molar-refractivity contribution is 6.30. The van der Waals surface area contributed by atoms with E-state index >= 15 is 0 Å². The summed E-state index contributed by atoms with van der Waals surface area (Å²) in [6.45, 7) is -1.04. The van der Waals surface area contributed by atoms with Crippen molar-refractivity contribution in [3.63, 3.8) is 0 Å². The summed E-state index contributed by atoms with van der Waals surface area (Å²) in [5.41, 5.74) is 1.36. The molecule has 0 spiro atoms. The molecule has 0 radical (unpaired) electrons. The lowest BCUT2D eigenvalue weighted by Crippen LogP contribution is -2.30. The number of halogens is 3. The first-order chi connectivity index (χ1) is 11.5. The fourth-order valence-electron chi connectivity index (χ4n) is 2.40. The van der Waals surface area contributed by atoms with E-state index in [1.54, 1.807) is 42.5 Å². The van der Waals surface area contributed by atoms with Crippen molar-refractivity contribution in [3.8, 4) is 5.75 Å². The zero-order chi connectivity index (χ0) is 17.5. The Bertz CT molecular complexity index is 677. The molecule has 1 amide bonds. The van der Waals surface area contributed by atoms with Gasteiger partial charge in [-0.25, -0.2) is 0 Å². The molecule has 3 nitrogen and oxygen atoms in total. The van der Waals surface area contributed by atoms with Crippen LogP contribution in [0.3, 0.4) is 0 Å². The molecule has 0 saturated heterocycles. The van der Waals surface area contributed by atoms with Gasteiger partial charge in [0.1, 0.15) is 5.75 Å². The molecule has 128 valence electrons. The molecule has 6 heteroatoms. The fourth-order valence-corrected chi connectivity index (χ4v) is 2.53. The molecule has 2 aromatic carbocycles. The molecule has 1 atom stereocenters. The maximum absolute atomic E-state index is 12.5. The van der Waals surface area contributed by atoms with Crippen molar-refractivity contribution in [3.05, 3.63) is 64.7 Å². The van der Waals surface area contributed by atoms with E-state index in [9.17, 15) is 13.6 Å². The number of amides is 1. The molecule has 0 saturated carbocycles. The first-order valence-corrected chi connectivity index (χ1v) is 7.95. The largest absolute Gasteiger partial charge is 0.434 e. The van der Waals surface area contributed by atoms with Crippen LogP contribution in [0.4, 0.5) is 8.78 Å². The molecule has 0 aliphatic heterocycles. The van der Waals surface area contributed by atoms with Gasteiger partial charge in [0.25, 0.3) is 0 Å². The van der Waals surface area contributed by atoms with E-state index in [2.05, 4.69) is 10.1 Å². The lowest BCUT2D eigenvalue weighted by atomic mass is 10.0. The van der Waals surface area contributed by atoms with Gasteiger partial charge in [0.05, 0.1) is 12.5 Å². The number of carbonyl (C=O) groups excluding carboxylic acids is 1. The zero-order valence-electron chi connectivity index (χ0n) is 13.1.